The summed E-state index contributed by atoms with van der Waals surface area (Å²) >= 11 is 0. The van der Waals surface area contributed by atoms with Crippen molar-refractivity contribution in [2.24, 2.45) is 0 Å². The molecule has 0 saturated carbocycles. The van der Waals surface area contributed by atoms with Gasteiger partial charge in [0.25, 0.3) is 0 Å². The van der Waals surface area contributed by atoms with Crippen LogP contribution in [-0.4, -0.2) is 102 Å². The number of phenolic OH excluding ortho intramolecular Hbond substituents is 1. The second-order valence-electron chi connectivity index (χ2n) is 12.9. The molecule has 1 unspecified atom stereocenters. The van der Waals surface area contributed by atoms with E-state index in [4.69, 9.17) is 9.72 Å². The van der Waals surface area contributed by atoms with E-state index in [0.29, 0.717) is 62.1 Å². The van der Waals surface area contributed by atoms with Crippen LogP contribution in [-0.2, 0) is 10.0 Å². The molecule has 0 aliphatic carbocycles. The summed E-state index contributed by atoms with van der Waals surface area (Å²) in [6.45, 7) is 2.44. The summed E-state index contributed by atoms with van der Waals surface area (Å²) in [4.78, 5) is 18.1. The van der Waals surface area contributed by atoms with Gasteiger partial charge in [-0.1, -0.05) is 24.3 Å². The third-order valence-electron chi connectivity index (χ3n) is 10.0. The van der Waals surface area contributed by atoms with Crippen LogP contribution in [0.5, 0.6) is 11.8 Å². The Morgan fingerprint density at radius 1 is 1.11 bits per heavy atom. The van der Waals surface area contributed by atoms with Crippen LogP contribution in [0.15, 0.2) is 42.6 Å². The van der Waals surface area contributed by atoms with Gasteiger partial charge in [0, 0.05) is 50.9 Å². The van der Waals surface area contributed by atoms with Gasteiger partial charge < -0.3 is 14.7 Å². The van der Waals surface area contributed by atoms with E-state index in [1.165, 1.54) is 16.6 Å². The number of alkyl halides is 1. The van der Waals surface area contributed by atoms with Gasteiger partial charge in [0.15, 0.2) is 5.82 Å². The average molecular weight is 653 g/mol. The van der Waals surface area contributed by atoms with Gasteiger partial charge in [-0.05, 0) is 61.6 Å². The number of anilines is 1. The van der Waals surface area contributed by atoms with Crippen molar-refractivity contribution in [3.63, 3.8) is 0 Å². The predicted molar refractivity (Wildman–Crippen MR) is 173 cm³/mol. The van der Waals surface area contributed by atoms with Crippen LogP contribution in [0.25, 0.3) is 32.9 Å². The van der Waals surface area contributed by atoms with Gasteiger partial charge in [0.1, 0.15) is 35.6 Å². The predicted octanol–water partition coefficient (Wildman–Crippen LogP) is 4.90. The summed E-state index contributed by atoms with van der Waals surface area (Å²) in [7, 11) is -1.76. The molecule has 46 heavy (non-hydrogen) atoms. The number of hydrogen-bond acceptors (Lipinski definition) is 9. The van der Waals surface area contributed by atoms with Crippen molar-refractivity contribution < 1.29 is 27.0 Å². The van der Waals surface area contributed by atoms with E-state index < -0.39 is 27.6 Å². The first kappa shape index (κ1) is 30.9. The molecule has 244 valence electrons. The van der Waals surface area contributed by atoms with Gasteiger partial charge in [-0.25, -0.2) is 21.5 Å². The number of sulfonamides is 1. The van der Waals surface area contributed by atoms with E-state index >= 15 is 4.39 Å². The molecule has 0 amide bonds. The van der Waals surface area contributed by atoms with Crippen LogP contribution in [0.3, 0.4) is 0 Å². The Hall–Kier alpha value is -3.68. The first-order valence-corrected chi connectivity index (χ1v) is 17.7. The lowest BCUT2D eigenvalue weighted by molar-refractivity contribution is 0.107. The number of rotatable bonds is 7. The normalized spacial score (nSPS) is 24.2. The van der Waals surface area contributed by atoms with Crippen molar-refractivity contribution in [1.29, 1.82) is 0 Å². The fraction of sp³-hybridized carbons (Fsp3) is 0.485. The molecule has 3 aliphatic rings. The van der Waals surface area contributed by atoms with Crippen LogP contribution >= 0.6 is 0 Å². The number of aromatic nitrogens is 3. The van der Waals surface area contributed by atoms with Gasteiger partial charge in [0.05, 0.1) is 17.2 Å². The SMILES string of the molecule is CN(C1CCCN(c2nc(OC[C@@]34CCCN3C[C@H](F)C4)nc3c(F)c(-c4cc(O)cc5ccccc45)ncc23)CC1)S(C)(=O)=O. The fourth-order valence-electron chi connectivity index (χ4n) is 7.58. The maximum Gasteiger partial charge on any atom is 0.319 e. The molecule has 7 rings (SSSR count). The van der Waals surface area contributed by atoms with E-state index in [-0.39, 0.29) is 35.6 Å². The maximum absolute atomic E-state index is 16.7. The highest BCUT2D eigenvalue weighted by Gasteiger charge is 2.49. The quantitative estimate of drug-likeness (QED) is 0.298. The molecule has 0 radical (unpaired) electrons. The lowest BCUT2D eigenvalue weighted by Crippen LogP contribution is -2.43. The second kappa shape index (κ2) is 11.8. The van der Waals surface area contributed by atoms with Crippen molar-refractivity contribution in [2.45, 2.75) is 56.3 Å². The Labute approximate surface area is 267 Å². The molecule has 2 aromatic heterocycles. The summed E-state index contributed by atoms with van der Waals surface area (Å²) in [5.41, 5.74) is 0.0610. The molecule has 13 heteroatoms. The summed E-state index contributed by atoms with van der Waals surface area (Å²) in [5.74, 6) is -0.225. The largest absolute Gasteiger partial charge is 0.508 e. The Morgan fingerprint density at radius 2 is 1.93 bits per heavy atom. The maximum atomic E-state index is 16.7. The minimum atomic E-state index is -3.36. The topological polar surface area (TPSA) is 112 Å². The van der Waals surface area contributed by atoms with Crippen LogP contribution in [0, 0.1) is 5.82 Å². The second-order valence-corrected chi connectivity index (χ2v) is 15.0. The van der Waals surface area contributed by atoms with Crippen molar-refractivity contribution in [2.75, 3.05) is 51.0 Å². The molecular weight excluding hydrogens is 614 g/mol. The molecule has 1 N–H and O–H groups in total. The van der Waals surface area contributed by atoms with Crippen LogP contribution in [0.1, 0.15) is 38.5 Å². The molecule has 10 nitrogen and oxygen atoms in total. The zero-order valence-corrected chi connectivity index (χ0v) is 26.8. The third-order valence-corrected chi connectivity index (χ3v) is 11.4. The molecular formula is C33H38F2N6O4S. The van der Waals surface area contributed by atoms with Crippen LogP contribution < -0.4 is 9.64 Å². The minimum Gasteiger partial charge on any atom is -0.508 e. The Bertz CT molecular complexity index is 1910. The Balaban J connectivity index is 1.31. The summed E-state index contributed by atoms with van der Waals surface area (Å²) in [6, 6.07) is 10.3. The lowest BCUT2D eigenvalue weighted by atomic mass is 9.95. The smallest absolute Gasteiger partial charge is 0.319 e. The minimum absolute atomic E-state index is 0.00287. The molecule has 0 spiro atoms. The average Bonchev–Trinajstić information content (AvgIpc) is 3.43. The fourth-order valence-corrected chi connectivity index (χ4v) is 8.33. The molecule has 2 aromatic carbocycles. The van der Waals surface area contributed by atoms with Crippen molar-refractivity contribution in [1.82, 2.24) is 24.2 Å². The van der Waals surface area contributed by atoms with Gasteiger partial charge in [-0.2, -0.15) is 9.97 Å². The van der Waals surface area contributed by atoms with Crippen LogP contribution in [0.2, 0.25) is 0 Å². The van der Waals surface area contributed by atoms with E-state index in [1.54, 1.807) is 19.3 Å². The first-order chi connectivity index (χ1) is 22.0. The molecule has 3 atom stereocenters. The summed E-state index contributed by atoms with van der Waals surface area (Å²) < 4.78 is 63.4. The monoisotopic (exact) mass is 652 g/mol. The van der Waals surface area contributed by atoms with Crippen molar-refractivity contribution in [3.8, 4) is 23.0 Å². The molecule has 0 bridgehead atoms. The van der Waals surface area contributed by atoms with Gasteiger partial charge >= 0.3 is 6.01 Å². The van der Waals surface area contributed by atoms with Crippen molar-refractivity contribution in [3.05, 3.63) is 48.4 Å². The standard InChI is InChI=1S/C33H38F2N6O4S/c1-39(46(2,43)44)23-8-5-12-40(14-10-23)31-27-18-36-29(26-16-24(42)15-21-7-3-4-9-25(21)26)28(35)30(27)37-32(38-31)45-20-33-11-6-13-41(33)19-22(34)17-33/h3-4,7,9,15-16,18,22-23,42H,5-6,8,10-14,17,19-20H2,1-2H3/t22-,23?,33+/m1/s1. The number of aromatic hydroxyl groups is 1. The van der Waals surface area contributed by atoms with Gasteiger partial charge in [-0.3, -0.25) is 9.88 Å². The summed E-state index contributed by atoms with van der Waals surface area (Å²) in [5, 5.41) is 12.3. The number of fused-ring (bicyclic) bond motifs is 3. The molecule has 3 saturated heterocycles. The number of nitrogens with zero attached hydrogens (tertiary/aromatic N) is 6. The number of hydrogen-bond donors (Lipinski definition) is 1. The summed E-state index contributed by atoms with van der Waals surface area (Å²) in [6.07, 6.45) is 5.92. The molecule has 4 aromatic rings. The van der Waals surface area contributed by atoms with E-state index in [9.17, 15) is 17.9 Å². The number of phenols is 1. The lowest BCUT2D eigenvalue weighted by Gasteiger charge is -2.31. The van der Waals surface area contributed by atoms with E-state index in [2.05, 4.69) is 14.9 Å². The highest BCUT2D eigenvalue weighted by Crippen LogP contribution is 2.41. The first-order valence-electron chi connectivity index (χ1n) is 15.8. The molecule has 3 fully saturated rings. The number of pyridine rings is 1. The van der Waals surface area contributed by atoms with E-state index in [1.807, 2.05) is 29.2 Å². The number of ether oxygens (including phenoxy) is 1. The highest BCUT2D eigenvalue weighted by molar-refractivity contribution is 7.88. The zero-order chi connectivity index (χ0) is 32.2. The van der Waals surface area contributed by atoms with Crippen LogP contribution in [0.4, 0.5) is 14.6 Å². The zero-order valence-electron chi connectivity index (χ0n) is 26.0. The molecule has 3 aliphatic heterocycles. The van der Waals surface area contributed by atoms with Gasteiger partial charge in [0.2, 0.25) is 10.0 Å². The third kappa shape index (κ3) is 5.62. The van der Waals surface area contributed by atoms with E-state index in [0.717, 1.165) is 30.2 Å². The number of benzene rings is 2. The highest BCUT2D eigenvalue weighted by atomic mass is 32.2. The Morgan fingerprint density at radius 3 is 2.76 bits per heavy atom. The van der Waals surface area contributed by atoms with Crippen molar-refractivity contribution >= 4 is 37.5 Å². The van der Waals surface area contributed by atoms with Gasteiger partial charge in [-0.15, -0.1) is 0 Å². The number of halogens is 2. The molecule has 5 heterocycles. The Kier molecular flexibility index (Phi) is 7.97.